The van der Waals surface area contributed by atoms with E-state index in [0.717, 1.165) is 11.1 Å². The lowest BCUT2D eigenvalue weighted by Gasteiger charge is -2.18. The predicted octanol–water partition coefficient (Wildman–Crippen LogP) is 3.73. The van der Waals surface area contributed by atoms with Gasteiger partial charge in [-0.1, -0.05) is 48.5 Å². The Hall–Kier alpha value is -1.64. The van der Waals surface area contributed by atoms with Gasteiger partial charge in [-0.25, -0.2) is 0 Å². The van der Waals surface area contributed by atoms with Gasteiger partial charge >= 0.3 is 0 Å². The summed E-state index contributed by atoms with van der Waals surface area (Å²) >= 11 is 0. The number of rotatable bonds is 4. The van der Waals surface area contributed by atoms with Gasteiger partial charge in [-0.3, -0.25) is 0 Å². The highest BCUT2D eigenvalue weighted by molar-refractivity contribution is 5.64. The Morgan fingerprint density at radius 3 is 1.79 bits per heavy atom. The molecule has 100 valence electrons. The molecule has 2 heteroatoms. The van der Waals surface area contributed by atoms with Crippen LogP contribution in [0, 0.1) is 0 Å². The SMILES string of the molecule is COCc1ccc(-c2ccc(C(C)(C)O)cc2)cc1. The van der Waals surface area contributed by atoms with Gasteiger partial charge in [-0.05, 0) is 36.1 Å². The molecule has 2 nitrogen and oxygen atoms in total. The van der Waals surface area contributed by atoms with Crippen LogP contribution < -0.4 is 0 Å². The molecule has 0 bridgehead atoms. The molecular weight excluding hydrogens is 236 g/mol. The molecule has 1 N–H and O–H groups in total. The average molecular weight is 256 g/mol. The molecule has 0 radical (unpaired) electrons. The van der Waals surface area contributed by atoms with Crippen LogP contribution in [0.3, 0.4) is 0 Å². The molecule has 2 aromatic carbocycles. The van der Waals surface area contributed by atoms with E-state index in [9.17, 15) is 5.11 Å². The van der Waals surface area contributed by atoms with Gasteiger partial charge in [-0.2, -0.15) is 0 Å². The van der Waals surface area contributed by atoms with Crippen molar-refractivity contribution in [3.63, 3.8) is 0 Å². The van der Waals surface area contributed by atoms with Crippen molar-refractivity contribution in [1.29, 1.82) is 0 Å². The maximum Gasteiger partial charge on any atom is 0.0840 e. The maximum atomic E-state index is 9.93. The number of benzene rings is 2. The van der Waals surface area contributed by atoms with Gasteiger partial charge in [0.25, 0.3) is 0 Å². The molecule has 0 unspecified atom stereocenters. The first-order valence-corrected chi connectivity index (χ1v) is 6.42. The minimum absolute atomic E-state index is 0.637. The van der Waals surface area contributed by atoms with Crippen LogP contribution in [0.1, 0.15) is 25.0 Å². The predicted molar refractivity (Wildman–Crippen MR) is 77.8 cm³/mol. The summed E-state index contributed by atoms with van der Waals surface area (Å²) < 4.78 is 5.10. The van der Waals surface area contributed by atoms with Gasteiger partial charge in [0.15, 0.2) is 0 Å². The summed E-state index contributed by atoms with van der Waals surface area (Å²) in [6.45, 7) is 4.22. The minimum Gasteiger partial charge on any atom is -0.386 e. The first kappa shape index (κ1) is 13.8. The van der Waals surface area contributed by atoms with E-state index in [1.165, 1.54) is 11.1 Å². The van der Waals surface area contributed by atoms with Crippen LogP contribution >= 0.6 is 0 Å². The summed E-state index contributed by atoms with van der Waals surface area (Å²) in [6.07, 6.45) is 0. The first-order chi connectivity index (χ1) is 9.00. The zero-order valence-corrected chi connectivity index (χ0v) is 11.7. The third kappa shape index (κ3) is 3.43. The molecular formula is C17H20O2. The van der Waals surface area contributed by atoms with Crippen LogP contribution in [0.15, 0.2) is 48.5 Å². The van der Waals surface area contributed by atoms with Crippen molar-refractivity contribution < 1.29 is 9.84 Å². The fraction of sp³-hybridized carbons (Fsp3) is 0.294. The number of hydrogen-bond donors (Lipinski definition) is 1. The van der Waals surface area contributed by atoms with Gasteiger partial charge in [-0.15, -0.1) is 0 Å². The monoisotopic (exact) mass is 256 g/mol. The normalized spacial score (nSPS) is 11.6. The smallest absolute Gasteiger partial charge is 0.0840 e. The molecule has 0 aromatic heterocycles. The topological polar surface area (TPSA) is 29.5 Å². The van der Waals surface area contributed by atoms with Crippen molar-refractivity contribution in [2.24, 2.45) is 0 Å². The number of ether oxygens (including phenoxy) is 1. The Labute approximate surface area is 114 Å². The van der Waals surface area contributed by atoms with E-state index in [4.69, 9.17) is 4.74 Å². The second-order valence-electron chi connectivity index (χ2n) is 5.27. The molecule has 2 aromatic rings. The highest BCUT2D eigenvalue weighted by Gasteiger charge is 2.15. The lowest BCUT2D eigenvalue weighted by Crippen LogP contribution is -2.14. The summed E-state index contributed by atoms with van der Waals surface area (Å²) in [7, 11) is 1.70. The molecule has 19 heavy (non-hydrogen) atoms. The molecule has 0 spiro atoms. The van der Waals surface area contributed by atoms with E-state index < -0.39 is 5.60 Å². The Balaban J connectivity index is 2.22. The highest BCUT2D eigenvalue weighted by Crippen LogP contribution is 2.25. The van der Waals surface area contributed by atoms with Crippen molar-refractivity contribution in [2.75, 3.05) is 7.11 Å². The van der Waals surface area contributed by atoms with Gasteiger partial charge in [0.2, 0.25) is 0 Å². The summed E-state index contributed by atoms with van der Waals surface area (Å²) in [5, 5.41) is 9.93. The summed E-state index contributed by atoms with van der Waals surface area (Å²) in [5.74, 6) is 0. The third-order valence-electron chi connectivity index (χ3n) is 3.19. The average Bonchev–Trinajstić information content (AvgIpc) is 2.39. The van der Waals surface area contributed by atoms with Crippen molar-refractivity contribution in [3.05, 3.63) is 59.7 Å². The van der Waals surface area contributed by atoms with Gasteiger partial charge in [0.1, 0.15) is 0 Å². The fourth-order valence-electron chi connectivity index (χ4n) is 2.03. The van der Waals surface area contributed by atoms with Crippen molar-refractivity contribution in [1.82, 2.24) is 0 Å². The van der Waals surface area contributed by atoms with E-state index in [-0.39, 0.29) is 0 Å². The van der Waals surface area contributed by atoms with Crippen LogP contribution in [-0.2, 0) is 16.9 Å². The van der Waals surface area contributed by atoms with Crippen LogP contribution in [0.2, 0.25) is 0 Å². The van der Waals surface area contributed by atoms with Gasteiger partial charge in [0, 0.05) is 7.11 Å². The van der Waals surface area contributed by atoms with Gasteiger partial charge in [0.05, 0.1) is 12.2 Å². The minimum atomic E-state index is -0.791. The van der Waals surface area contributed by atoms with E-state index >= 15 is 0 Å². The highest BCUT2D eigenvalue weighted by atomic mass is 16.5. The van der Waals surface area contributed by atoms with Crippen LogP contribution in [0.5, 0.6) is 0 Å². The largest absolute Gasteiger partial charge is 0.386 e. The van der Waals surface area contributed by atoms with E-state index in [0.29, 0.717) is 6.61 Å². The molecule has 0 aliphatic rings. The Morgan fingerprint density at radius 1 is 0.895 bits per heavy atom. The maximum absolute atomic E-state index is 9.93. The molecule has 0 fully saturated rings. The van der Waals surface area contributed by atoms with E-state index in [1.54, 1.807) is 21.0 Å². The first-order valence-electron chi connectivity index (χ1n) is 6.42. The van der Waals surface area contributed by atoms with E-state index in [1.807, 2.05) is 24.3 Å². The molecule has 2 rings (SSSR count). The zero-order chi connectivity index (χ0) is 13.9. The lowest BCUT2D eigenvalue weighted by atomic mass is 9.95. The standard InChI is InChI=1S/C17H20O2/c1-17(2,18)16-10-8-15(9-11-16)14-6-4-13(5-7-14)12-19-3/h4-11,18H,12H2,1-3H3. The van der Waals surface area contributed by atoms with Crippen molar-refractivity contribution in [3.8, 4) is 11.1 Å². The molecule has 0 heterocycles. The number of hydrogen-bond acceptors (Lipinski definition) is 2. The molecule has 0 aliphatic carbocycles. The fourth-order valence-corrected chi connectivity index (χ4v) is 2.03. The third-order valence-corrected chi connectivity index (χ3v) is 3.19. The number of methoxy groups -OCH3 is 1. The Bertz CT molecular complexity index is 519. The second kappa shape index (κ2) is 5.55. The lowest BCUT2D eigenvalue weighted by molar-refractivity contribution is 0.0786. The van der Waals surface area contributed by atoms with Crippen molar-refractivity contribution >= 4 is 0 Å². The van der Waals surface area contributed by atoms with Gasteiger partial charge < -0.3 is 9.84 Å². The van der Waals surface area contributed by atoms with Crippen LogP contribution in [0.25, 0.3) is 11.1 Å². The van der Waals surface area contributed by atoms with Crippen molar-refractivity contribution in [2.45, 2.75) is 26.1 Å². The quantitative estimate of drug-likeness (QED) is 0.903. The molecule has 0 saturated carbocycles. The second-order valence-corrected chi connectivity index (χ2v) is 5.27. The van der Waals surface area contributed by atoms with Crippen LogP contribution in [0.4, 0.5) is 0 Å². The van der Waals surface area contributed by atoms with Crippen LogP contribution in [-0.4, -0.2) is 12.2 Å². The molecule has 0 saturated heterocycles. The number of aliphatic hydroxyl groups is 1. The molecule has 0 atom stereocenters. The summed E-state index contributed by atoms with van der Waals surface area (Å²) in [6, 6.07) is 16.3. The molecule has 0 amide bonds. The Kier molecular flexibility index (Phi) is 4.03. The molecule has 0 aliphatic heterocycles. The summed E-state index contributed by atoms with van der Waals surface area (Å²) in [5.41, 5.74) is 3.62. The zero-order valence-electron chi connectivity index (χ0n) is 11.7. The Morgan fingerprint density at radius 2 is 1.37 bits per heavy atom. The summed E-state index contributed by atoms with van der Waals surface area (Å²) in [4.78, 5) is 0. The van der Waals surface area contributed by atoms with E-state index in [2.05, 4.69) is 24.3 Å².